The maximum Gasteiger partial charge on any atom is 0.220 e. The fourth-order valence-electron chi connectivity index (χ4n) is 3.31. The second kappa shape index (κ2) is 7.58. The maximum absolute atomic E-state index is 12.3. The van der Waals surface area contributed by atoms with E-state index in [0.29, 0.717) is 13.0 Å². The van der Waals surface area contributed by atoms with E-state index in [9.17, 15) is 4.79 Å². The lowest BCUT2D eigenvalue weighted by atomic mass is 9.95. The summed E-state index contributed by atoms with van der Waals surface area (Å²) in [6, 6.07) is 10.2. The van der Waals surface area contributed by atoms with Gasteiger partial charge in [0.25, 0.3) is 0 Å². The van der Waals surface area contributed by atoms with Crippen LogP contribution < -0.4 is 10.6 Å². The van der Waals surface area contributed by atoms with Gasteiger partial charge in [-0.2, -0.15) is 0 Å². The molecule has 24 heavy (non-hydrogen) atoms. The number of hydrogen-bond donors (Lipinski definition) is 2. The number of aryl methyl sites for hydroxylation is 1. The summed E-state index contributed by atoms with van der Waals surface area (Å²) in [7, 11) is 0. The van der Waals surface area contributed by atoms with Crippen LogP contribution in [-0.4, -0.2) is 17.4 Å². The quantitative estimate of drug-likeness (QED) is 0.889. The molecule has 0 saturated heterocycles. The Morgan fingerprint density at radius 3 is 2.92 bits per heavy atom. The predicted octanol–water partition coefficient (Wildman–Crippen LogP) is 2.85. The molecule has 0 spiro atoms. The van der Waals surface area contributed by atoms with Crippen molar-refractivity contribution in [3.05, 3.63) is 64.5 Å². The van der Waals surface area contributed by atoms with Gasteiger partial charge in [-0.1, -0.05) is 37.3 Å². The summed E-state index contributed by atoms with van der Waals surface area (Å²) in [5.41, 5.74) is 6.03. The number of carbonyl (C=O) groups excluding carboxylic acids is 1. The Hall–Kier alpha value is -2.20. The van der Waals surface area contributed by atoms with Gasteiger partial charge in [-0.25, -0.2) is 0 Å². The first-order chi connectivity index (χ1) is 11.6. The molecule has 1 aromatic heterocycles. The van der Waals surface area contributed by atoms with Crippen molar-refractivity contribution in [3.63, 3.8) is 0 Å². The summed E-state index contributed by atoms with van der Waals surface area (Å²) in [5, 5.41) is 6.46. The van der Waals surface area contributed by atoms with E-state index in [-0.39, 0.29) is 11.8 Å². The van der Waals surface area contributed by atoms with E-state index < -0.39 is 0 Å². The number of rotatable bonds is 5. The Balaban J connectivity index is 1.63. The molecule has 2 heterocycles. The number of benzene rings is 1. The third kappa shape index (κ3) is 3.82. The zero-order chi connectivity index (χ0) is 16.9. The highest BCUT2D eigenvalue weighted by atomic mass is 16.1. The molecule has 1 aliphatic rings. The monoisotopic (exact) mass is 323 g/mol. The highest BCUT2D eigenvalue weighted by Crippen LogP contribution is 2.21. The average molecular weight is 323 g/mol. The first-order valence-electron chi connectivity index (χ1n) is 8.63. The molecule has 2 N–H and O–H groups in total. The van der Waals surface area contributed by atoms with E-state index in [0.717, 1.165) is 25.2 Å². The molecule has 1 unspecified atom stereocenters. The number of amides is 1. The van der Waals surface area contributed by atoms with Crippen molar-refractivity contribution >= 4 is 5.91 Å². The van der Waals surface area contributed by atoms with Gasteiger partial charge in [0.1, 0.15) is 0 Å². The minimum atomic E-state index is 0.0947. The van der Waals surface area contributed by atoms with Crippen molar-refractivity contribution in [3.8, 4) is 0 Å². The van der Waals surface area contributed by atoms with Crippen LogP contribution in [0.15, 0.2) is 36.5 Å². The summed E-state index contributed by atoms with van der Waals surface area (Å²) in [6.07, 6.45) is 3.47. The van der Waals surface area contributed by atoms with Gasteiger partial charge in [0.2, 0.25) is 5.91 Å². The smallest absolute Gasteiger partial charge is 0.220 e. The van der Waals surface area contributed by atoms with Gasteiger partial charge >= 0.3 is 0 Å². The minimum absolute atomic E-state index is 0.0947. The molecule has 0 saturated carbocycles. The molecule has 3 rings (SSSR count). The number of fused-ring (bicyclic) bond motifs is 1. The fraction of sp³-hybridized carbons (Fsp3) is 0.400. The second-order valence-electron chi connectivity index (χ2n) is 6.55. The van der Waals surface area contributed by atoms with Crippen LogP contribution >= 0.6 is 0 Å². The van der Waals surface area contributed by atoms with E-state index in [2.05, 4.69) is 34.7 Å². The lowest BCUT2D eigenvalue weighted by Gasteiger charge is -2.22. The molecular formula is C20H25N3O. The lowest BCUT2D eigenvalue weighted by Crippen LogP contribution is -2.29. The molecule has 0 fully saturated rings. The van der Waals surface area contributed by atoms with Crippen molar-refractivity contribution in [2.45, 2.75) is 45.7 Å². The SMILES string of the molecule is Cc1ncc2c(c1CNC(=O)CC(C)c1ccccc1)CCNC2. The third-order valence-electron chi connectivity index (χ3n) is 4.79. The first kappa shape index (κ1) is 16.7. The fourth-order valence-corrected chi connectivity index (χ4v) is 3.31. The van der Waals surface area contributed by atoms with Crippen LogP contribution in [0.25, 0.3) is 0 Å². The van der Waals surface area contributed by atoms with Gasteiger partial charge in [-0.05, 0) is 48.1 Å². The van der Waals surface area contributed by atoms with E-state index in [4.69, 9.17) is 0 Å². The molecule has 126 valence electrons. The zero-order valence-corrected chi connectivity index (χ0v) is 14.4. The lowest BCUT2D eigenvalue weighted by molar-refractivity contribution is -0.121. The molecule has 4 heteroatoms. The molecule has 0 aliphatic carbocycles. The Morgan fingerprint density at radius 1 is 1.33 bits per heavy atom. The first-order valence-corrected chi connectivity index (χ1v) is 8.63. The number of nitrogens with one attached hydrogen (secondary N) is 2. The van der Waals surface area contributed by atoms with Crippen LogP contribution in [0.5, 0.6) is 0 Å². The van der Waals surface area contributed by atoms with Crippen molar-refractivity contribution in [2.75, 3.05) is 6.54 Å². The number of pyridine rings is 1. The number of carbonyl (C=O) groups is 1. The van der Waals surface area contributed by atoms with Crippen molar-refractivity contribution in [2.24, 2.45) is 0 Å². The molecular weight excluding hydrogens is 298 g/mol. The van der Waals surface area contributed by atoms with Crippen molar-refractivity contribution in [1.29, 1.82) is 0 Å². The molecule has 1 aromatic carbocycles. The van der Waals surface area contributed by atoms with E-state index in [1.165, 1.54) is 22.3 Å². The van der Waals surface area contributed by atoms with Gasteiger partial charge in [-0.3, -0.25) is 9.78 Å². The van der Waals surface area contributed by atoms with Gasteiger partial charge in [0.15, 0.2) is 0 Å². The predicted molar refractivity (Wildman–Crippen MR) is 95.7 cm³/mol. The molecule has 1 aliphatic heterocycles. The standard InChI is InChI=1S/C20H25N3O/c1-14(16-6-4-3-5-7-16)10-20(24)23-13-19-15(2)22-12-17-11-21-9-8-18(17)19/h3-7,12,14,21H,8-11,13H2,1-2H3,(H,23,24). The zero-order valence-electron chi connectivity index (χ0n) is 14.4. The van der Waals surface area contributed by atoms with Crippen LogP contribution in [0.1, 0.15) is 47.2 Å². The van der Waals surface area contributed by atoms with Crippen LogP contribution in [0, 0.1) is 6.92 Å². The Morgan fingerprint density at radius 2 is 2.12 bits per heavy atom. The topological polar surface area (TPSA) is 54.0 Å². The number of aromatic nitrogens is 1. The highest BCUT2D eigenvalue weighted by Gasteiger charge is 2.17. The molecule has 1 amide bonds. The second-order valence-corrected chi connectivity index (χ2v) is 6.55. The van der Waals surface area contributed by atoms with E-state index in [1.54, 1.807) is 0 Å². The Bertz CT molecular complexity index is 712. The molecule has 0 radical (unpaired) electrons. The molecule has 0 bridgehead atoms. The van der Waals surface area contributed by atoms with Gasteiger partial charge in [0, 0.05) is 31.4 Å². The highest BCUT2D eigenvalue weighted by molar-refractivity contribution is 5.76. The molecule has 1 atom stereocenters. The summed E-state index contributed by atoms with van der Waals surface area (Å²) < 4.78 is 0. The number of nitrogens with zero attached hydrogens (tertiary/aromatic N) is 1. The normalized spacial score (nSPS) is 14.8. The van der Waals surface area contributed by atoms with E-state index >= 15 is 0 Å². The largest absolute Gasteiger partial charge is 0.352 e. The van der Waals surface area contributed by atoms with Crippen LogP contribution in [0.2, 0.25) is 0 Å². The van der Waals surface area contributed by atoms with Gasteiger partial charge < -0.3 is 10.6 Å². The van der Waals surface area contributed by atoms with Gasteiger partial charge in [0.05, 0.1) is 0 Å². The van der Waals surface area contributed by atoms with E-state index in [1.807, 2.05) is 31.3 Å². The third-order valence-corrected chi connectivity index (χ3v) is 4.79. The average Bonchev–Trinajstić information content (AvgIpc) is 2.61. The summed E-state index contributed by atoms with van der Waals surface area (Å²) >= 11 is 0. The Labute approximate surface area is 143 Å². The van der Waals surface area contributed by atoms with Crippen LogP contribution in [0.4, 0.5) is 0 Å². The summed E-state index contributed by atoms with van der Waals surface area (Å²) in [4.78, 5) is 16.8. The van der Waals surface area contributed by atoms with Crippen LogP contribution in [0.3, 0.4) is 0 Å². The van der Waals surface area contributed by atoms with Crippen molar-refractivity contribution < 1.29 is 4.79 Å². The minimum Gasteiger partial charge on any atom is -0.352 e. The maximum atomic E-state index is 12.3. The Kier molecular flexibility index (Phi) is 5.26. The van der Waals surface area contributed by atoms with Crippen molar-refractivity contribution in [1.82, 2.24) is 15.6 Å². The molecule has 2 aromatic rings. The number of hydrogen-bond acceptors (Lipinski definition) is 3. The summed E-state index contributed by atoms with van der Waals surface area (Å²) in [6.45, 7) is 6.55. The summed E-state index contributed by atoms with van der Waals surface area (Å²) in [5.74, 6) is 0.316. The van der Waals surface area contributed by atoms with Gasteiger partial charge in [-0.15, -0.1) is 0 Å². The van der Waals surface area contributed by atoms with Crippen LogP contribution in [-0.2, 0) is 24.3 Å². The molecule has 4 nitrogen and oxygen atoms in total.